The van der Waals surface area contributed by atoms with E-state index in [1.54, 1.807) is 6.07 Å². The average molecular weight is 206 g/mol. The molecule has 0 aliphatic carbocycles. The molecule has 0 spiro atoms. The Morgan fingerprint density at radius 3 is 2.80 bits per heavy atom. The summed E-state index contributed by atoms with van der Waals surface area (Å²) in [5.41, 5.74) is 1.10. The number of nitriles is 1. The van der Waals surface area contributed by atoms with Gasteiger partial charge in [0.2, 0.25) is 0 Å². The Hall–Kier alpha value is -1.40. The van der Waals surface area contributed by atoms with Crippen LogP contribution in [0.15, 0.2) is 18.2 Å². The summed E-state index contributed by atoms with van der Waals surface area (Å²) in [7, 11) is 1.95. The van der Waals surface area contributed by atoms with Crippen molar-refractivity contribution >= 4 is 0 Å². The summed E-state index contributed by atoms with van der Waals surface area (Å²) in [6.45, 7) is 3.56. The molecule has 3 heteroatoms. The fraction of sp³-hybridized carbons (Fsp3) is 0.417. The molecule has 0 amide bonds. The lowest BCUT2D eigenvalue weighted by Crippen LogP contribution is -2.19. The number of benzene rings is 1. The molecule has 80 valence electrons. The Morgan fingerprint density at radius 1 is 1.47 bits per heavy atom. The summed E-state index contributed by atoms with van der Waals surface area (Å²) in [6, 6.07) is 6.48. The Balaban J connectivity index is 2.80. The number of rotatable bonds is 4. The fourth-order valence-corrected chi connectivity index (χ4v) is 1.52. The first-order valence-electron chi connectivity index (χ1n) is 5.04. The van der Waals surface area contributed by atoms with Gasteiger partial charge in [0.25, 0.3) is 0 Å². The van der Waals surface area contributed by atoms with Crippen molar-refractivity contribution in [1.29, 1.82) is 5.26 Å². The van der Waals surface area contributed by atoms with Crippen LogP contribution in [0.2, 0.25) is 0 Å². The van der Waals surface area contributed by atoms with E-state index in [-0.39, 0.29) is 5.82 Å². The molecule has 0 aromatic heterocycles. The van der Waals surface area contributed by atoms with Gasteiger partial charge in [-0.15, -0.1) is 0 Å². The van der Waals surface area contributed by atoms with Crippen molar-refractivity contribution in [3.63, 3.8) is 0 Å². The van der Waals surface area contributed by atoms with Gasteiger partial charge in [-0.25, -0.2) is 4.39 Å². The maximum Gasteiger partial charge on any atom is 0.127 e. The maximum atomic E-state index is 13.4. The molecular formula is C12H15FN2. The number of hydrogen-bond donors (Lipinski definition) is 0. The van der Waals surface area contributed by atoms with E-state index in [4.69, 9.17) is 5.26 Å². The van der Waals surface area contributed by atoms with Crippen LogP contribution in [0.3, 0.4) is 0 Å². The van der Waals surface area contributed by atoms with Crippen molar-refractivity contribution < 1.29 is 4.39 Å². The van der Waals surface area contributed by atoms with Gasteiger partial charge in [0.15, 0.2) is 0 Å². The van der Waals surface area contributed by atoms with Gasteiger partial charge in [-0.3, -0.25) is 0 Å². The summed E-state index contributed by atoms with van der Waals surface area (Å²) < 4.78 is 13.4. The molecule has 0 saturated heterocycles. The van der Waals surface area contributed by atoms with Crippen LogP contribution in [0.5, 0.6) is 0 Å². The average Bonchev–Trinajstić information content (AvgIpc) is 2.21. The normalized spacial score (nSPS) is 10.3. The minimum Gasteiger partial charge on any atom is -0.302 e. The molecule has 0 radical (unpaired) electrons. The summed E-state index contributed by atoms with van der Waals surface area (Å²) in [5, 5.41) is 8.70. The third-order valence-electron chi connectivity index (χ3n) is 2.22. The first-order chi connectivity index (χ1) is 7.17. The molecule has 0 saturated carbocycles. The van der Waals surface area contributed by atoms with E-state index in [0.29, 0.717) is 17.7 Å². The van der Waals surface area contributed by atoms with Gasteiger partial charge < -0.3 is 4.90 Å². The van der Waals surface area contributed by atoms with E-state index in [1.807, 2.05) is 18.0 Å². The van der Waals surface area contributed by atoms with Gasteiger partial charge in [0.05, 0.1) is 11.6 Å². The summed E-state index contributed by atoms with van der Waals surface area (Å²) in [5.74, 6) is -0.239. The third-order valence-corrected chi connectivity index (χ3v) is 2.22. The number of halogens is 1. The smallest absolute Gasteiger partial charge is 0.127 e. The second kappa shape index (κ2) is 5.47. The molecule has 0 aliphatic heterocycles. The zero-order valence-electron chi connectivity index (χ0n) is 9.13. The van der Waals surface area contributed by atoms with Crippen LogP contribution in [-0.2, 0) is 6.54 Å². The molecule has 0 aliphatic rings. The van der Waals surface area contributed by atoms with E-state index in [0.717, 1.165) is 13.0 Å². The Kier molecular flexibility index (Phi) is 4.26. The van der Waals surface area contributed by atoms with E-state index < -0.39 is 0 Å². The van der Waals surface area contributed by atoms with Crippen LogP contribution in [0.4, 0.5) is 4.39 Å². The van der Waals surface area contributed by atoms with E-state index in [2.05, 4.69) is 6.92 Å². The van der Waals surface area contributed by atoms with Crippen LogP contribution in [0.25, 0.3) is 0 Å². The van der Waals surface area contributed by atoms with E-state index in [1.165, 1.54) is 12.1 Å². The van der Waals surface area contributed by atoms with Crippen molar-refractivity contribution in [2.75, 3.05) is 13.6 Å². The first-order valence-corrected chi connectivity index (χ1v) is 5.04. The number of nitrogens with zero attached hydrogens (tertiary/aromatic N) is 2. The van der Waals surface area contributed by atoms with Gasteiger partial charge in [-0.2, -0.15) is 5.26 Å². The predicted molar refractivity (Wildman–Crippen MR) is 57.7 cm³/mol. The highest BCUT2D eigenvalue weighted by Crippen LogP contribution is 2.12. The molecule has 1 aromatic rings. The van der Waals surface area contributed by atoms with Gasteiger partial charge in [0.1, 0.15) is 5.82 Å². The predicted octanol–water partition coefficient (Wildman–Crippen LogP) is 2.54. The van der Waals surface area contributed by atoms with Gasteiger partial charge in [0, 0.05) is 12.1 Å². The molecule has 0 heterocycles. The van der Waals surface area contributed by atoms with Crippen molar-refractivity contribution in [3.05, 3.63) is 35.1 Å². The van der Waals surface area contributed by atoms with Gasteiger partial charge in [-0.05, 0) is 38.2 Å². The molecular weight excluding hydrogens is 191 g/mol. The second-order valence-corrected chi connectivity index (χ2v) is 3.66. The van der Waals surface area contributed by atoms with Crippen molar-refractivity contribution in [3.8, 4) is 6.07 Å². The topological polar surface area (TPSA) is 27.0 Å². The number of hydrogen-bond acceptors (Lipinski definition) is 2. The highest BCUT2D eigenvalue weighted by Gasteiger charge is 2.06. The zero-order chi connectivity index (χ0) is 11.3. The second-order valence-electron chi connectivity index (χ2n) is 3.66. The molecule has 0 N–H and O–H groups in total. The zero-order valence-corrected chi connectivity index (χ0v) is 9.13. The maximum absolute atomic E-state index is 13.4. The van der Waals surface area contributed by atoms with Crippen molar-refractivity contribution in [2.45, 2.75) is 19.9 Å². The molecule has 2 nitrogen and oxygen atoms in total. The molecule has 0 fully saturated rings. The van der Waals surface area contributed by atoms with E-state index >= 15 is 0 Å². The SMILES string of the molecule is CCCN(C)Cc1cc(C#N)ccc1F. The quantitative estimate of drug-likeness (QED) is 0.757. The standard InChI is InChI=1S/C12H15FN2/c1-3-6-15(2)9-11-7-10(8-14)4-5-12(11)13/h4-5,7H,3,6,9H2,1-2H3. The van der Waals surface area contributed by atoms with Gasteiger partial charge in [-0.1, -0.05) is 6.92 Å². The van der Waals surface area contributed by atoms with Crippen LogP contribution in [0, 0.1) is 17.1 Å². The third kappa shape index (κ3) is 3.34. The highest BCUT2D eigenvalue weighted by molar-refractivity contribution is 5.33. The fourth-order valence-electron chi connectivity index (χ4n) is 1.52. The van der Waals surface area contributed by atoms with Crippen molar-refractivity contribution in [1.82, 2.24) is 4.90 Å². The summed E-state index contributed by atoms with van der Waals surface area (Å²) >= 11 is 0. The minimum absolute atomic E-state index is 0.239. The lowest BCUT2D eigenvalue weighted by Gasteiger charge is -2.15. The minimum atomic E-state index is -0.239. The largest absolute Gasteiger partial charge is 0.302 e. The molecule has 0 atom stereocenters. The van der Waals surface area contributed by atoms with Crippen LogP contribution < -0.4 is 0 Å². The first kappa shape index (κ1) is 11.7. The Labute approximate surface area is 89.9 Å². The monoisotopic (exact) mass is 206 g/mol. The summed E-state index contributed by atoms with van der Waals surface area (Å²) in [4.78, 5) is 2.04. The summed E-state index contributed by atoms with van der Waals surface area (Å²) in [6.07, 6.45) is 1.04. The lowest BCUT2D eigenvalue weighted by atomic mass is 10.1. The highest BCUT2D eigenvalue weighted by atomic mass is 19.1. The van der Waals surface area contributed by atoms with Crippen molar-refractivity contribution in [2.24, 2.45) is 0 Å². The Morgan fingerprint density at radius 2 is 2.20 bits per heavy atom. The van der Waals surface area contributed by atoms with Crippen LogP contribution in [0.1, 0.15) is 24.5 Å². The van der Waals surface area contributed by atoms with Crippen LogP contribution >= 0.6 is 0 Å². The lowest BCUT2D eigenvalue weighted by molar-refractivity contribution is 0.322. The van der Waals surface area contributed by atoms with Gasteiger partial charge >= 0.3 is 0 Å². The molecule has 15 heavy (non-hydrogen) atoms. The molecule has 1 rings (SSSR count). The van der Waals surface area contributed by atoms with E-state index in [9.17, 15) is 4.39 Å². The Bertz CT molecular complexity index is 368. The molecule has 1 aromatic carbocycles. The molecule has 0 bridgehead atoms. The molecule has 0 unspecified atom stereocenters. The van der Waals surface area contributed by atoms with Crippen LogP contribution in [-0.4, -0.2) is 18.5 Å².